The maximum atomic E-state index is 11.3. The Hall–Kier alpha value is -2.41. The lowest BCUT2D eigenvalue weighted by Crippen LogP contribution is -2.46. The van der Waals surface area contributed by atoms with Gasteiger partial charge >= 0.3 is 0 Å². The van der Waals surface area contributed by atoms with Gasteiger partial charge in [-0.2, -0.15) is 0 Å². The van der Waals surface area contributed by atoms with Crippen molar-refractivity contribution in [3.05, 3.63) is 30.2 Å². The molecule has 3 rings (SSSR count). The van der Waals surface area contributed by atoms with Crippen molar-refractivity contribution in [2.45, 2.75) is 25.3 Å². The average molecular weight is 316 g/mol. The lowest BCUT2D eigenvalue weighted by Gasteiger charge is -2.27. The molecule has 1 fully saturated rings. The molecule has 1 amide bonds. The molecule has 0 bridgehead atoms. The first-order valence-electron chi connectivity index (χ1n) is 7.72. The molecule has 3 heterocycles. The largest absolute Gasteiger partial charge is 0.490 e. The molecule has 122 valence electrons. The van der Waals surface area contributed by atoms with Crippen LogP contribution in [0.2, 0.25) is 0 Å². The SMILES string of the molecule is CNC(=O)CCc1cc(-c2cncc(OCC3CCN3)c2)on1. The third-order valence-electron chi connectivity index (χ3n) is 3.82. The highest BCUT2D eigenvalue weighted by Crippen LogP contribution is 2.24. The Morgan fingerprint density at radius 2 is 2.35 bits per heavy atom. The van der Waals surface area contributed by atoms with E-state index in [0.717, 1.165) is 24.2 Å². The van der Waals surface area contributed by atoms with Crippen molar-refractivity contribution >= 4 is 5.91 Å². The van der Waals surface area contributed by atoms with Crippen LogP contribution in [0.25, 0.3) is 11.3 Å². The quantitative estimate of drug-likeness (QED) is 0.797. The van der Waals surface area contributed by atoms with E-state index >= 15 is 0 Å². The molecule has 7 nitrogen and oxygen atoms in total. The van der Waals surface area contributed by atoms with Gasteiger partial charge in [0.15, 0.2) is 5.76 Å². The second kappa shape index (κ2) is 7.23. The molecule has 2 aromatic heterocycles. The van der Waals surface area contributed by atoms with Crippen LogP contribution in [0.4, 0.5) is 0 Å². The van der Waals surface area contributed by atoms with Crippen LogP contribution < -0.4 is 15.4 Å². The molecule has 0 saturated carbocycles. The number of pyridine rings is 1. The van der Waals surface area contributed by atoms with Gasteiger partial charge in [0.05, 0.1) is 11.9 Å². The summed E-state index contributed by atoms with van der Waals surface area (Å²) in [5, 5.41) is 9.86. The molecule has 2 N–H and O–H groups in total. The van der Waals surface area contributed by atoms with E-state index < -0.39 is 0 Å². The summed E-state index contributed by atoms with van der Waals surface area (Å²) in [5.74, 6) is 1.31. The predicted octanol–water partition coefficient (Wildman–Crippen LogP) is 1.16. The summed E-state index contributed by atoms with van der Waals surface area (Å²) in [6, 6.07) is 4.15. The number of aryl methyl sites for hydroxylation is 1. The fraction of sp³-hybridized carbons (Fsp3) is 0.438. The van der Waals surface area contributed by atoms with Crippen LogP contribution >= 0.6 is 0 Å². The number of nitrogens with zero attached hydrogens (tertiary/aromatic N) is 2. The monoisotopic (exact) mass is 316 g/mol. The highest BCUT2D eigenvalue weighted by atomic mass is 16.5. The zero-order valence-corrected chi connectivity index (χ0v) is 13.0. The predicted molar refractivity (Wildman–Crippen MR) is 84.0 cm³/mol. The van der Waals surface area contributed by atoms with Crippen LogP contribution in [0.1, 0.15) is 18.5 Å². The Bertz CT molecular complexity index is 667. The van der Waals surface area contributed by atoms with Crippen LogP contribution in [-0.2, 0) is 11.2 Å². The molecule has 1 aliphatic heterocycles. The highest BCUT2D eigenvalue weighted by Gasteiger charge is 2.17. The molecule has 1 unspecified atom stereocenters. The van der Waals surface area contributed by atoms with E-state index in [4.69, 9.17) is 9.26 Å². The summed E-state index contributed by atoms with van der Waals surface area (Å²) in [6.07, 6.45) is 5.46. The number of carbonyl (C=O) groups is 1. The minimum atomic E-state index is -0.0174. The van der Waals surface area contributed by atoms with Crippen molar-refractivity contribution in [2.24, 2.45) is 0 Å². The number of carbonyl (C=O) groups excluding carboxylic acids is 1. The number of hydrogen-bond acceptors (Lipinski definition) is 6. The van der Waals surface area contributed by atoms with Gasteiger partial charge in [0, 0.05) is 43.8 Å². The van der Waals surface area contributed by atoms with Gasteiger partial charge in [0.2, 0.25) is 5.91 Å². The summed E-state index contributed by atoms with van der Waals surface area (Å²) >= 11 is 0. The molecular weight excluding hydrogens is 296 g/mol. The number of hydrogen-bond donors (Lipinski definition) is 2. The van der Waals surface area contributed by atoms with Crippen molar-refractivity contribution in [1.29, 1.82) is 0 Å². The number of nitrogens with one attached hydrogen (secondary N) is 2. The maximum absolute atomic E-state index is 11.3. The Labute approximate surface area is 134 Å². The average Bonchev–Trinajstić information content (AvgIpc) is 3.00. The zero-order valence-electron chi connectivity index (χ0n) is 13.0. The molecule has 23 heavy (non-hydrogen) atoms. The third-order valence-corrected chi connectivity index (χ3v) is 3.82. The van der Waals surface area contributed by atoms with E-state index in [1.165, 1.54) is 0 Å². The second-order valence-electron chi connectivity index (χ2n) is 5.52. The molecule has 7 heteroatoms. The van der Waals surface area contributed by atoms with Crippen LogP contribution in [0, 0.1) is 0 Å². The number of rotatable bonds is 7. The van der Waals surface area contributed by atoms with E-state index in [-0.39, 0.29) is 5.91 Å². The molecule has 1 atom stereocenters. The van der Waals surface area contributed by atoms with Crippen molar-refractivity contribution in [3.63, 3.8) is 0 Å². The first-order chi connectivity index (χ1) is 11.2. The third kappa shape index (κ3) is 4.07. The minimum Gasteiger partial charge on any atom is -0.490 e. The summed E-state index contributed by atoms with van der Waals surface area (Å²) in [4.78, 5) is 15.4. The van der Waals surface area contributed by atoms with Crippen molar-refractivity contribution < 1.29 is 14.1 Å². The maximum Gasteiger partial charge on any atom is 0.220 e. The Balaban J connectivity index is 1.61. The van der Waals surface area contributed by atoms with Gasteiger partial charge in [-0.1, -0.05) is 5.16 Å². The first-order valence-corrected chi connectivity index (χ1v) is 7.72. The molecule has 1 aliphatic rings. The Morgan fingerprint density at radius 3 is 3.09 bits per heavy atom. The van der Waals surface area contributed by atoms with Gasteiger partial charge in [0.25, 0.3) is 0 Å². The summed E-state index contributed by atoms with van der Waals surface area (Å²) in [7, 11) is 1.62. The van der Waals surface area contributed by atoms with Gasteiger partial charge < -0.3 is 19.9 Å². The molecule has 0 radical (unpaired) electrons. The topological polar surface area (TPSA) is 89.3 Å². The second-order valence-corrected chi connectivity index (χ2v) is 5.52. The fourth-order valence-corrected chi connectivity index (χ4v) is 2.25. The van der Waals surface area contributed by atoms with E-state index in [0.29, 0.717) is 37.0 Å². The smallest absolute Gasteiger partial charge is 0.220 e. The van der Waals surface area contributed by atoms with Gasteiger partial charge in [-0.15, -0.1) is 0 Å². The normalized spacial score (nSPS) is 16.7. The number of amides is 1. The zero-order chi connectivity index (χ0) is 16.1. The van der Waals surface area contributed by atoms with Gasteiger partial charge in [0.1, 0.15) is 12.4 Å². The molecule has 0 spiro atoms. The van der Waals surface area contributed by atoms with E-state index in [2.05, 4.69) is 20.8 Å². The molecule has 2 aromatic rings. The first kappa shape index (κ1) is 15.5. The van der Waals surface area contributed by atoms with Crippen LogP contribution in [0.3, 0.4) is 0 Å². The lowest BCUT2D eigenvalue weighted by molar-refractivity contribution is -0.120. The Kier molecular flexibility index (Phi) is 4.87. The number of ether oxygens (including phenoxy) is 1. The number of aromatic nitrogens is 2. The van der Waals surface area contributed by atoms with Crippen LogP contribution in [0.15, 0.2) is 29.0 Å². The summed E-state index contributed by atoms with van der Waals surface area (Å²) in [5.41, 5.74) is 1.55. The highest BCUT2D eigenvalue weighted by molar-refractivity contribution is 5.75. The van der Waals surface area contributed by atoms with Crippen molar-refractivity contribution in [3.8, 4) is 17.1 Å². The molecule has 0 aromatic carbocycles. The van der Waals surface area contributed by atoms with E-state index in [1.807, 2.05) is 12.1 Å². The van der Waals surface area contributed by atoms with E-state index in [9.17, 15) is 4.79 Å². The fourth-order valence-electron chi connectivity index (χ4n) is 2.25. The lowest BCUT2D eigenvalue weighted by atomic mass is 10.1. The Morgan fingerprint density at radius 1 is 1.48 bits per heavy atom. The molecule has 1 saturated heterocycles. The van der Waals surface area contributed by atoms with Gasteiger partial charge in [-0.3, -0.25) is 9.78 Å². The van der Waals surface area contributed by atoms with E-state index in [1.54, 1.807) is 19.4 Å². The molecular formula is C16H20N4O3. The van der Waals surface area contributed by atoms with Crippen LogP contribution in [-0.4, -0.2) is 42.3 Å². The van der Waals surface area contributed by atoms with Crippen molar-refractivity contribution in [2.75, 3.05) is 20.2 Å². The molecule has 0 aliphatic carbocycles. The van der Waals surface area contributed by atoms with Gasteiger partial charge in [-0.05, 0) is 19.0 Å². The minimum absolute atomic E-state index is 0.0174. The summed E-state index contributed by atoms with van der Waals surface area (Å²) in [6.45, 7) is 1.70. The van der Waals surface area contributed by atoms with Gasteiger partial charge in [-0.25, -0.2) is 0 Å². The summed E-state index contributed by atoms with van der Waals surface area (Å²) < 4.78 is 11.1. The van der Waals surface area contributed by atoms with Crippen LogP contribution in [0.5, 0.6) is 5.75 Å². The standard InChI is InChI=1S/C16H20N4O3/c1-17-16(21)3-2-12-7-15(23-20-12)11-6-14(9-18-8-11)22-10-13-4-5-19-13/h6-9,13,19H,2-5,10H2,1H3,(H,17,21). The van der Waals surface area contributed by atoms with Crippen molar-refractivity contribution in [1.82, 2.24) is 20.8 Å².